The molecular formula is C24H27N3O2S. The molecule has 1 aromatic heterocycles. The summed E-state index contributed by atoms with van der Waals surface area (Å²) in [6.45, 7) is 6.06. The Kier molecular flexibility index (Phi) is 7.38. The summed E-state index contributed by atoms with van der Waals surface area (Å²) in [5.74, 6) is -0.467. The molecule has 0 spiro atoms. The third kappa shape index (κ3) is 5.78. The normalized spacial score (nSPS) is 11.7. The molecule has 1 heterocycles. The molecule has 0 aliphatic carbocycles. The van der Waals surface area contributed by atoms with Crippen molar-refractivity contribution in [2.75, 3.05) is 18.4 Å². The Morgan fingerprint density at radius 2 is 1.67 bits per heavy atom. The van der Waals surface area contributed by atoms with Crippen LogP contribution < -0.4 is 16.0 Å². The van der Waals surface area contributed by atoms with Crippen molar-refractivity contribution in [3.05, 3.63) is 87.1 Å². The molecule has 0 saturated carbocycles. The maximum absolute atomic E-state index is 12.3. The second-order valence-electron chi connectivity index (χ2n) is 7.31. The third-order valence-electron chi connectivity index (χ3n) is 5.03. The van der Waals surface area contributed by atoms with Gasteiger partial charge in [-0.15, -0.1) is 11.3 Å². The number of aryl methyl sites for hydroxylation is 2. The van der Waals surface area contributed by atoms with E-state index >= 15 is 0 Å². The number of anilines is 1. The van der Waals surface area contributed by atoms with E-state index in [4.69, 9.17) is 0 Å². The number of amides is 2. The molecule has 1 atom stereocenters. The zero-order chi connectivity index (χ0) is 21.5. The van der Waals surface area contributed by atoms with Gasteiger partial charge in [-0.1, -0.05) is 48.0 Å². The van der Waals surface area contributed by atoms with Gasteiger partial charge >= 0.3 is 0 Å². The van der Waals surface area contributed by atoms with E-state index in [9.17, 15) is 9.59 Å². The van der Waals surface area contributed by atoms with Crippen LogP contribution >= 0.6 is 11.3 Å². The van der Waals surface area contributed by atoms with Crippen LogP contribution in [0.1, 0.15) is 33.2 Å². The third-order valence-corrected chi connectivity index (χ3v) is 5.97. The fourth-order valence-electron chi connectivity index (χ4n) is 3.11. The summed E-state index contributed by atoms with van der Waals surface area (Å²) in [5.41, 5.74) is 5.19. The number of rotatable bonds is 8. The van der Waals surface area contributed by atoms with Crippen LogP contribution in [-0.4, -0.2) is 24.9 Å². The molecule has 0 aliphatic rings. The van der Waals surface area contributed by atoms with Crippen molar-refractivity contribution in [3.8, 4) is 0 Å². The van der Waals surface area contributed by atoms with Crippen LogP contribution in [0.5, 0.6) is 0 Å². The fraction of sp³-hybridized carbons (Fsp3) is 0.250. The number of benzene rings is 2. The lowest BCUT2D eigenvalue weighted by Gasteiger charge is -2.18. The average Bonchev–Trinajstić information content (AvgIpc) is 3.26. The van der Waals surface area contributed by atoms with Crippen molar-refractivity contribution in [2.45, 2.75) is 26.8 Å². The molecule has 30 heavy (non-hydrogen) atoms. The van der Waals surface area contributed by atoms with Gasteiger partial charge in [0.2, 0.25) is 11.8 Å². The lowest BCUT2D eigenvalue weighted by Crippen LogP contribution is -2.39. The molecule has 0 bridgehead atoms. The van der Waals surface area contributed by atoms with E-state index in [0.29, 0.717) is 0 Å². The molecule has 0 radical (unpaired) electrons. The molecule has 0 fully saturated rings. The highest BCUT2D eigenvalue weighted by Gasteiger charge is 2.16. The topological polar surface area (TPSA) is 70.2 Å². The first-order chi connectivity index (χ1) is 14.4. The van der Waals surface area contributed by atoms with Crippen molar-refractivity contribution in [1.82, 2.24) is 10.6 Å². The summed E-state index contributed by atoms with van der Waals surface area (Å²) >= 11 is 1.65. The van der Waals surface area contributed by atoms with Gasteiger partial charge in [0.1, 0.15) is 0 Å². The van der Waals surface area contributed by atoms with Crippen molar-refractivity contribution < 1.29 is 9.59 Å². The molecule has 5 nitrogen and oxygen atoms in total. The highest BCUT2D eigenvalue weighted by atomic mass is 32.1. The Morgan fingerprint density at radius 3 is 2.37 bits per heavy atom. The summed E-state index contributed by atoms with van der Waals surface area (Å²) < 4.78 is 0. The van der Waals surface area contributed by atoms with E-state index in [1.165, 1.54) is 5.56 Å². The van der Waals surface area contributed by atoms with E-state index in [-0.39, 0.29) is 30.9 Å². The summed E-state index contributed by atoms with van der Waals surface area (Å²) in [6, 6.07) is 18.0. The van der Waals surface area contributed by atoms with Gasteiger partial charge in [-0.25, -0.2) is 0 Å². The molecule has 0 unspecified atom stereocenters. The second kappa shape index (κ2) is 10.2. The van der Waals surface area contributed by atoms with Gasteiger partial charge < -0.3 is 10.6 Å². The number of hydrogen-bond acceptors (Lipinski definition) is 4. The van der Waals surface area contributed by atoms with E-state index < -0.39 is 0 Å². The van der Waals surface area contributed by atoms with Gasteiger partial charge in [0.25, 0.3) is 0 Å². The van der Waals surface area contributed by atoms with Crippen molar-refractivity contribution in [1.29, 1.82) is 0 Å². The van der Waals surface area contributed by atoms with Crippen LogP contribution in [0.2, 0.25) is 0 Å². The Morgan fingerprint density at radius 1 is 0.900 bits per heavy atom. The SMILES string of the molecule is Cc1ccc([C@H](NCC(=O)NCC(=O)Nc2cccc(C)c2C)c2cccs2)cc1. The van der Waals surface area contributed by atoms with Crippen molar-refractivity contribution >= 4 is 28.8 Å². The maximum atomic E-state index is 12.3. The van der Waals surface area contributed by atoms with Gasteiger partial charge in [0.15, 0.2) is 0 Å². The summed E-state index contributed by atoms with van der Waals surface area (Å²) in [7, 11) is 0. The van der Waals surface area contributed by atoms with Gasteiger partial charge in [-0.05, 0) is 55.0 Å². The number of thiophene rings is 1. The van der Waals surface area contributed by atoms with Crippen LogP contribution in [0.3, 0.4) is 0 Å². The smallest absolute Gasteiger partial charge is 0.243 e. The van der Waals surface area contributed by atoms with E-state index in [1.807, 2.05) is 50.4 Å². The summed E-state index contributed by atoms with van der Waals surface area (Å²) in [6.07, 6.45) is 0. The second-order valence-corrected chi connectivity index (χ2v) is 8.29. The molecule has 156 valence electrons. The maximum Gasteiger partial charge on any atom is 0.243 e. The molecule has 3 aromatic rings. The number of carbonyl (C=O) groups is 2. The Balaban J connectivity index is 1.53. The highest BCUT2D eigenvalue weighted by Crippen LogP contribution is 2.26. The van der Waals surface area contributed by atoms with Crippen LogP contribution in [-0.2, 0) is 9.59 Å². The molecule has 0 saturated heterocycles. The predicted molar refractivity (Wildman–Crippen MR) is 123 cm³/mol. The number of nitrogens with one attached hydrogen (secondary N) is 3. The zero-order valence-corrected chi connectivity index (χ0v) is 18.3. The Labute approximate surface area is 181 Å². The quantitative estimate of drug-likeness (QED) is 0.513. The van der Waals surface area contributed by atoms with E-state index in [1.54, 1.807) is 11.3 Å². The van der Waals surface area contributed by atoms with Gasteiger partial charge in [-0.2, -0.15) is 0 Å². The van der Waals surface area contributed by atoms with Gasteiger partial charge in [0.05, 0.1) is 19.1 Å². The van der Waals surface area contributed by atoms with Crippen LogP contribution in [0.25, 0.3) is 0 Å². The zero-order valence-electron chi connectivity index (χ0n) is 17.5. The Bertz CT molecular complexity index is 998. The van der Waals surface area contributed by atoms with Crippen molar-refractivity contribution in [2.24, 2.45) is 0 Å². The minimum Gasteiger partial charge on any atom is -0.346 e. The van der Waals surface area contributed by atoms with Gasteiger partial charge in [-0.3, -0.25) is 14.9 Å². The first-order valence-corrected chi connectivity index (χ1v) is 10.8. The van der Waals surface area contributed by atoms with Crippen molar-refractivity contribution in [3.63, 3.8) is 0 Å². The average molecular weight is 422 g/mol. The fourth-order valence-corrected chi connectivity index (χ4v) is 3.94. The molecular weight excluding hydrogens is 394 g/mol. The van der Waals surface area contributed by atoms with E-state index in [2.05, 4.69) is 46.3 Å². The lowest BCUT2D eigenvalue weighted by atomic mass is 10.0. The van der Waals surface area contributed by atoms with Crippen LogP contribution in [0, 0.1) is 20.8 Å². The molecule has 3 rings (SSSR count). The summed E-state index contributed by atoms with van der Waals surface area (Å²) in [5, 5.41) is 10.9. The molecule has 2 amide bonds. The molecule has 3 N–H and O–H groups in total. The van der Waals surface area contributed by atoms with E-state index in [0.717, 1.165) is 27.3 Å². The lowest BCUT2D eigenvalue weighted by molar-refractivity contribution is -0.123. The van der Waals surface area contributed by atoms with Crippen LogP contribution in [0.15, 0.2) is 60.0 Å². The summed E-state index contributed by atoms with van der Waals surface area (Å²) in [4.78, 5) is 25.7. The van der Waals surface area contributed by atoms with Gasteiger partial charge in [0, 0.05) is 10.6 Å². The Hall–Kier alpha value is -2.96. The predicted octanol–water partition coefficient (Wildman–Crippen LogP) is 4.11. The molecule has 2 aromatic carbocycles. The minimum absolute atomic E-state index is 0.0674. The highest BCUT2D eigenvalue weighted by molar-refractivity contribution is 7.10. The van der Waals surface area contributed by atoms with Crippen LogP contribution in [0.4, 0.5) is 5.69 Å². The standard InChI is InChI=1S/C24H27N3O2S/c1-16-9-11-19(12-10-16)24(21-8-5-13-30-21)26-14-22(28)25-15-23(29)27-20-7-4-6-17(2)18(20)3/h4-13,24,26H,14-15H2,1-3H3,(H,25,28)(H,27,29)/t24-/m0/s1. The number of hydrogen-bond donors (Lipinski definition) is 3. The monoisotopic (exact) mass is 421 g/mol. The number of carbonyl (C=O) groups excluding carboxylic acids is 2. The minimum atomic E-state index is -0.245. The molecule has 0 aliphatic heterocycles. The molecule has 6 heteroatoms. The largest absolute Gasteiger partial charge is 0.346 e. The first kappa shape index (κ1) is 21.7. The first-order valence-electron chi connectivity index (χ1n) is 9.90.